The molecule has 27 heavy (non-hydrogen) atoms. The van der Waals surface area contributed by atoms with Crippen LogP contribution in [0.25, 0.3) is 0 Å². The quantitative estimate of drug-likeness (QED) is 0.865. The maximum Gasteiger partial charge on any atom is 0.435 e. The first-order chi connectivity index (χ1) is 12.9. The van der Waals surface area contributed by atoms with Gasteiger partial charge in [0.1, 0.15) is 6.54 Å². The maximum atomic E-state index is 12.6. The number of likely N-dealkylation sites (N-methyl/N-ethyl adjacent to an activating group) is 1. The lowest BCUT2D eigenvalue weighted by Gasteiger charge is -2.36. The van der Waals surface area contributed by atoms with Crippen LogP contribution in [0.15, 0.2) is 36.5 Å². The number of carbonyl (C=O) groups excluding carboxylic acids is 1. The van der Waals surface area contributed by atoms with Crippen molar-refractivity contribution in [2.45, 2.75) is 19.6 Å². The van der Waals surface area contributed by atoms with Gasteiger partial charge in [-0.2, -0.15) is 18.3 Å². The Morgan fingerprint density at radius 1 is 1.15 bits per heavy atom. The largest absolute Gasteiger partial charge is 0.435 e. The summed E-state index contributed by atoms with van der Waals surface area (Å²) in [7, 11) is 0. The van der Waals surface area contributed by atoms with Crippen molar-refractivity contribution in [1.29, 1.82) is 0 Å². The second kappa shape index (κ2) is 7.99. The van der Waals surface area contributed by atoms with Gasteiger partial charge in [0.25, 0.3) is 0 Å². The molecule has 1 aliphatic heterocycles. The molecular weight excluding hydrogens is 359 g/mol. The molecule has 0 atom stereocenters. The van der Waals surface area contributed by atoms with Crippen LogP contribution in [0.1, 0.15) is 12.6 Å². The number of carbonyl (C=O) groups is 1. The fourth-order valence-corrected chi connectivity index (χ4v) is 3.10. The molecule has 2 aromatic rings. The molecule has 2 heterocycles. The Labute approximate surface area is 155 Å². The average Bonchev–Trinajstić information content (AvgIpc) is 3.11. The SMILES string of the molecule is CCN1CCN(c2ccccc2NC(=O)Cn2ccc(C(F)(F)F)n2)CC1. The Hall–Kier alpha value is -2.55. The van der Waals surface area contributed by atoms with E-state index in [0.717, 1.165) is 55.4 Å². The van der Waals surface area contributed by atoms with Crippen molar-refractivity contribution < 1.29 is 18.0 Å². The van der Waals surface area contributed by atoms with Gasteiger partial charge in [-0.1, -0.05) is 19.1 Å². The Bertz CT molecular complexity index is 781. The topological polar surface area (TPSA) is 53.4 Å². The van der Waals surface area contributed by atoms with Gasteiger partial charge >= 0.3 is 6.18 Å². The zero-order chi connectivity index (χ0) is 19.4. The van der Waals surface area contributed by atoms with Gasteiger partial charge in [-0.15, -0.1) is 0 Å². The van der Waals surface area contributed by atoms with Crippen LogP contribution in [-0.2, 0) is 17.5 Å². The highest BCUT2D eigenvalue weighted by Gasteiger charge is 2.33. The second-order valence-electron chi connectivity index (χ2n) is 6.38. The Morgan fingerprint density at radius 2 is 1.85 bits per heavy atom. The van der Waals surface area contributed by atoms with E-state index in [1.165, 1.54) is 0 Å². The molecular formula is C18H22F3N5O. The number of alkyl halides is 3. The normalized spacial score (nSPS) is 15.8. The lowest BCUT2D eigenvalue weighted by atomic mass is 10.2. The molecule has 0 unspecified atom stereocenters. The third-order valence-electron chi connectivity index (χ3n) is 4.58. The molecule has 1 amide bonds. The predicted molar refractivity (Wildman–Crippen MR) is 96.6 cm³/mol. The molecule has 0 radical (unpaired) electrons. The molecule has 1 aromatic heterocycles. The second-order valence-corrected chi connectivity index (χ2v) is 6.38. The summed E-state index contributed by atoms with van der Waals surface area (Å²) >= 11 is 0. The van der Waals surface area contributed by atoms with Gasteiger partial charge in [-0.05, 0) is 24.7 Å². The van der Waals surface area contributed by atoms with Crippen LogP contribution in [0.2, 0.25) is 0 Å². The van der Waals surface area contributed by atoms with Gasteiger partial charge in [0.15, 0.2) is 5.69 Å². The number of hydrogen-bond donors (Lipinski definition) is 1. The Kier molecular flexibility index (Phi) is 5.69. The molecule has 1 aromatic carbocycles. The summed E-state index contributed by atoms with van der Waals surface area (Å²) in [6.07, 6.45) is -3.37. The first-order valence-electron chi connectivity index (χ1n) is 8.83. The smallest absolute Gasteiger partial charge is 0.367 e. The van der Waals surface area contributed by atoms with Crippen molar-refractivity contribution in [2.75, 3.05) is 42.9 Å². The number of amides is 1. The third kappa shape index (κ3) is 4.79. The standard InChI is InChI=1S/C18H22F3N5O/c1-2-24-9-11-25(12-10-24)15-6-4-3-5-14(15)22-17(27)13-26-8-7-16(23-26)18(19,20)21/h3-8H,2,9-13H2,1H3,(H,22,27). The van der Waals surface area contributed by atoms with E-state index in [1.54, 1.807) is 6.07 Å². The molecule has 0 bridgehead atoms. The van der Waals surface area contributed by atoms with Gasteiger partial charge in [-0.25, -0.2) is 0 Å². The number of nitrogens with zero attached hydrogens (tertiary/aromatic N) is 4. The fraction of sp³-hybridized carbons (Fsp3) is 0.444. The number of piperazine rings is 1. The number of benzene rings is 1. The number of nitrogens with one attached hydrogen (secondary N) is 1. The van der Waals surface area contributed by atoms with Gasteiger partial charge < -0.3 is 15.1 Å². The number of para-hydroxylation sites is 2. The van der Waals surface area contributed by atoms with Gasteiger partial charge in [0.05, 0.1) is 11.4 Å². The highest BCUT2D eigenvalue weighted by atomic mass is 19.4. The van der Waals surface area contributed by atoms with Crippen LogP contribution in [0.3, 0.4) is 0 Å². The fourth-order valence-electron chi connectivity index (χ4n) is 3.10. The summed E-state index contributed by atoms with van der Waals surface area (Å²) in [5.74, 6) is -0.425. The lowest BCUT2D eigenvalue weighted by Crippen LogP contribution is -2.46. The average molecular weight is 381 g/mol. The van der Waals surface area contributed by atoms with E-state index < -0.39 is 17.8 Å². The summed E-state index contributed by atoms with van der Waals surface area (Å²) in [6.45, 7) is 6.47. The van der Waals surface area contributed by atoms with Crippen molar-refractivity contribution in [2.24, 2.45) is 0 Å². The summed E-state index contributed by atoms with van der Waals surface area (Å²) in [5.41, 5.74) is 0.554. The summed E-state index contributed by atoms with van der Waals surface area (Å²) in [4.78, 5) is 16.9. The molecule has 0 spiro atoms. The minimum atomic E-state index is -4.52. The van der Waals surface area contributed by atoms with Crippen LogP contribution >= 0.6 is 0 Å². The highest BCUT2D eigenvalue weighted by Crippen LogP contribution is 2.28. The molecule has 146 valence electrons. The minimum Gasteiger partial charge on any atom is -0.367 e. The molecule has 1 N–H and O–H groups in total. The summed E-state index contributed by atoms with van der Waals surface area (Å²) < 4.78 is 38.8. The molecule has 1 aliphatic rings. The van der Waals surface area contributed by atoms with Crippen LogP contribution in [0.4, 0.5) is 24.5 Å². The maximum absolute atomic E-state index is 12.6. The molecule has 0 saturated carbocycles. The number of rotatable bonds is 5. The van der Waals surface area contributed by atoms with Crippen LogP contribution in [-0.4, -0.2) is 53.3 Å². The van der Waals surface area contributed by atoms with E-state index in [4.69, 9.17) is 0 Å². The molecule has 3 rings (SSSR count). The number of halogens is 3. The number of hydrogen-bond acceptors (Lipinski definition) is 4. The van der Waals surface area contributed by atoms with E-state index >= 15 is 0 Å². The van der Waals surface area contributed by atoms with Crippen molar-refractivity contribution in [1.82, 2.24) is 14.7 Å². The van der Waals surface area contributed by atoms with E-state index in [0.29, 0.717) is 5.69 Å². The Balaban J connectivity index is 1.65. The molecule has 6 nitrogen and oxygen atoms in total. The van der Waals surface area contributed by atoms with Crippen molar-refractivity contribution >= 4 is 17.3 Å². The van der Waals surface area contributed by atoms with E-state index in [2.05, 4.69) is 27.1 Å². The molecule has 9 heteroatoms. The van der Waals surface area contributed by atoms with Crippen molar-refractivity contribution in [3.63, 3.8) is 0 Å². The van der Waals surface area contributed by atoms with E-state index in [-0.39, 0.29) is 6.54 Å². The zero-order valence-electron chi connectivity index (χ0n) is 15.0. The van der Waals surface area contributed by atoms with Crippen LogP contribution in [0.5, 0.6) is 0 Å². The third-order valence-corrected chi connectivity index (χ3v) is 4.58. The van der Waals surface area contributed by atoms with E-state index in [9.17, 15) is 18.0 Å². The van der Waals surface area contributed by atoms with Gasteiger partial charge in [-0.3, -0.25) is 9.48 Å². The first-order valence-corrected chi connectivity index (χ1v) is 8.83. The predicted octanol–water partition coefficient (Wildman–Crippen LogP) is 2.68. The lowest BCUT2D eigenvalue weighted by molar-refractivity contribution is -0.141. The molecule has 1 saturated heterocycles. The van der Waals surface area contributed by atoms with Crippen LogP contribution in [0, 0.1) is 0 Å². The first kappa shape index (κ1) is 19.2. The zero-order valence-corrected chi connectivity index (χ0v) is 15.0. The van der Waals surface area contributed by atoms with Crippen LogP contribution < -0.4 is 10.2 Å². The van der Waals surface area contributed by atoms with E-state index in [1.807, 2.05) is 18.2 Å². The van der Waals surface area contributed by atoms with Crippen molar-refractivity contribution in [3.8, 4) is 0 Å². The number of anilines is 2. The Morgan fingerprint density at radius 3 is 2.48 bits per heavy atom. The molecule has 1 fully saturated rings. The summed E-state index contributed by atoms with van der Waals surface area (Å²) in [6, 6.07) is 8.31. The molecule has 0 aliphatic carbocycles. The van der Waals surface area contributed by atoms with Gasteiger partial charge in [0, 0.05) is 32.4 Å². The highest BCUT2D eigenvalue weighted by molar-refractivity contribution is 5.94. The number of aromatic nitrogens is 2. The summed E-state index contributed by atoms with van der Waals surface area (Å²) in [5, 5.41) is 6.20. The monoisotopic (exact) mass is 381 g/mol. The van der Waals surface area contributed by atoms with Crippen molar-refractivity contribution in [3.05, 3.63) is 42.2 Å². The van der Waals surface area contributed by atoms with Gasteiger partial charge in [0.2, 0.25) is 5.91 Å². The minimum absolute atomic E-state index is 0.284.